The first kappa shape index (κ1) is 14.9. The van der Waals surface area contributed by atoms with Gasteiger partial charge >= 0.3 is 0 Å². The molecule has 0 fully saturated rings. The first-order valence-corrected chi connectivity index (χ1v) is 7.43. The highest BCUT2D eigenvalue weighted by molar-refractivity contribution is 6.00. The van der Waals surface area contributed by atoms with E-state index >= 15 is 0 Å². The Hall–Kier alpha value is -3.02. The molecule has 1 N–H and O–H groups in total. The van der Waals surface area contributed by atoms with Crippen molar-refractivity contribution in [3.63, 3.8) is 0 Å². The first-order chi connectivity index (χ1) is 11.2. The number of amides is 1. The van der Waals surface area contributed by atoms with E-state index in [2.05, 4.69) is 33.8 Å². The van der Waals surface area contributed by atoms with Crippen molar-refractivity contribution in [2.45, 2.75) is 19.8 Å². The second-order valence-corrected chi connectivity index (χ2v) is 5.13. The Morgan fingerprint density at radius 1 is 1.39 bits per heavy atom. The molecule has 0 bridgehead atoms. The van der Waals surface area contributed by atoms with Gasteiger partial charge in [-0.3, -0.25) is 14.3 Å². The van der Waals surface area contributed by atoms with E-state index in [-0.39, 0.29) is 5.91 Å². The van der Waals surface area contributed by atoms with E-state index in [1.165, 1.54) is 6.08 Å². The molecule has 2 aromatic heterocycles. The second-order valence-electron chi connectivity index (χ2n) is 5.13. The van der Waals surface area contributed by atoms with Crippen LogP contribution in [0, 0.1) is 0 Å². The Morgan fingerprint density at radius 3 is 3.04 bits per heavy atom. The summed E-state index contributed by atoms with van der Waals surface area (Å²) >= 11 is 0. The van der Waals surface area contributed by atoms with Crippen LogP contribution in [-0.4, -0.2) is 25.4 Å². The molecule has 0 atom stereocenters. The minimum absolute atomic E-state index is 0.250. The summed E-state index contributed by atoms with van der Waals surface area (Å²) in [6.45, 7) is 5.56. The van der Waals surface area contributed by atoms with Gasteiger partial charge in [0.15, 0.2) is 5.82 Å². The summed E-state index contributed by atoms with van der Waals surface area (Å²) in [5.41, 5.74) is 3.31. The van der Waals surface area contributed by atoms with E-state index in [9.17, 15) is 4.79 Å². The van der Waals surface area contributed by atoms with Gasteiger partial charge in [-0.05, 0) is 30.7 Å². The van der Waals surface area contributed by atoms with Crippen LogP contribution >= 0.6 is 0 Å². The fourth-order valence-electron chi connectivity index (χ4n) is 2.35. The third kappa shape index (κ3) is 3.11. The Kier molecular flexibility index (Phi) is 4.14. The predicted octanol–water partition coefficient (Wildman–Crippen LogP) is 2.89. The molecule has 116 valence electrons. The van der Waals surface area contributed by atoms with Gasteiger partial charge < -0.3 is 5.32 Å². The maximum absolute atomic E-state index is 11.5. The van der Waals surface area contributed by atoms with E-state index in [1.54, 1.807) is 24.8 Å². The summed E-state index contributed by atoms with van der Waals surface area (Å²) in [5.74, 6) is 0.464. The Morgan fingerprint density at radius 2 is 2.26 bits per heavy atom. The van der Waals surface area contributed by atoms with Gasteiger partial charge in [0.25, 0.3) is 0 Å². The molecule has 0 radical (unpaired) electrons. The SMILES string of the molecule is C=CC(=O)Nc1ccc2ncn(-c3cncc(CCC)n3)c2c1. The van der Waals surface area contributed by atoms with Crippen LogP contribution in [0.15, 0.2) is 49.6 Å². The lowest BCUT2D eigenvalue weighted by atomic mass is 10.2. The van der Waals surface area contributed by atoms with Crippen molar-refractivity contribution in [3.8, 4) is 5.82 Å². The highest BCUT2D eigenvalue weighted by Crippen LogP contribution is 2.21. The van der Waals surface area contributed by atoms with Crippen LogP contribution in [0.2, 0.25) is 0 Å². The van der Waals surface area contributed by atoms with Crippen LogP contribution < -0.4 is 5.32 Å². The number of hydrogen-bond acceptors (Lipinski definition) is 4. The summed E-state index contributed by atoms with van der Waals surface area (Å²) in [5, 5.41) is 2.75. The first-order valence-electron chi connectivity index (χ1n) is 7.43. The van der Waals surface area contributed by atoms with E-state index in [0.29, 0.717) is 11.5 Å². The lowest BCUT2D eigenvalue weighted by Gasteiger charge is -2.07. The van der Waals surface area contributed by atoms with Crippen LogP contribution in [-0.2, 0) is 11.2 Å². The van der Waals surface area contributed by atoms with Gasteiger partial charge in [-0.25, -0.2) is 9.97 Å². The minimum atomic E-state index is -0.250. The normalized spacial score (nSPS) is 10.7. The van der Waals surface area contributed by atoms with Gasteiger partial charge in [-0.1, -0.05) is 19.9 Å². The molecule has 1 amide bonds. The smallest absolute Gasteiger partial charge is 0.247 e. The van der Waals surface area contributed by atoms with E-state index < -0.39 is 0 Å². The Balaban J connectivity index is 2.03. The van der Waals surface area contributed by atoms with Crippen molar-refractivity contribution < 1.29 is 4.79 Å². The molecule has 0 saturated heterocycles. The summed E-state index contributed by atoms with van der Waals surface area (Å²) in [4.78, 5) is 24.7. The number of carbonyl (C=O) groups excluding carboxylic acids is 1. The maximum Gasteiger partial charge on any atom is 0.247 e. The van der Waals surface area contributed by atoms with E-state index in [4.69, 9.17) is 0 Å². The number of benzene rings is 1. The lowest BCUT2D eigenvalue weighted by molar-refractivity contribution is -0.111. The number of hydrogen-bond donors (Lipinski definition) is 1. The van der Waals surface area contributed by atoms with Crippen LogP contribution in [0.4, 0.5) is 5.69 Å². The number of anilines is 1. The van der Waals surface area contributed by atoms with Gasteiger partial charge in [-0.15, -0.1) is 0 Å². The Bertz CT molecular complexity index is 868. The number of aromatic nitrogens is 4. The molecule has 1 aromatic carbocycles. The monoisotopic (exact) mass is 307 g/mol. The van der Waals surface area contributed by atoms with Crippen molar-refractivity contribution in [2.75, 3.05) is 5.32 Å². The third-order valence-corrected chi connectivity index (χ3v) is 3.42. The standard InChI is InChI=1S/C17H17N5O/c1-3-5-13-9-18-10-16(20-13)22-11-19-14-7-6-12(8-15(14)22)21-17(23)4-2/h4,6-11H,2-3,5H2,1H3,(H,21,23). The second kappa shape index (κ2) is 6.39. The number of imidazole rings is 1. The zero-order valence-electron chi connectivity index (χ0n) is 12.9. The molecular formula is C17H17N5O. The summed E-state index contributed by atoms with van der Waals surface area (Å²) in [6.07, 6.45) is 8.33. The number of carbonyl (C=O) groups is 1. The number of rotatable bonds is 5. The molecule has 0 aliphatic carbocycles. The van der Waals surface area contributed by atoms with E-state index in [1.807, 2.05) is 16.7 Å². The van der Waals surface area contributed by atoms with Crippen molar-refractivity contribution in [1.29, 1.82) is 0 Å². The van der Waals surface area contributed by atoms with Gasteiger partial charge in [-0.2, -0.15) is 0 Å². The fourth-order valence-corrected chi connectivity index (χ4v) is 2.35. The summed E-state index contributed by atoms with van der Waals surface area (Å²) in [7, 11) is 0. The van der Waals surface area contributed by atoms with Gasteiger partial charge in [0.2, 0.25) is 5.91 Å². The molecule has 6 heteroatoms. The maximum atomic E-state index is 11.5. The zero-order valence-corrected chi connectivity index (χ0v) is 12.9. The van der Waals surface area contributed by atoms with Crippen molar-refractivity contribution in [1.82, 2.24) is 19.5 Å². The van der Waals surface area contributed by atoms with Crippen molar-refractivity contribution in [3.05, 3.63) is 55.3 Å². The Labute approximate surface area is 133 Å². The zero-order chi connectivity index (χ0) is 16.2. The quantitative estimate of drug-likeness (QED) is 0.736. The van der Waals surface area contributed by atoms with Crippen LogP contribution in [0.5, 0.6) is 0 Å². The molecule has 3 rings (SSSR count). The molecular weight excluding hydrogens is 290 g/mol. The van der Waals surface area contributed by atoms with Crippen LogP contribution in [0.1, 0.15) is 19.0 Å². The summed E-state index contributed by atoms with van der Waals surface area (Å²) in [6, 6.07) is 5.52. The third-order valence-electron chi connectivity index (χ3n) is 3.42. The van der Waals surface area contributed by atoms with Crippen LogP contribution in [0.3, 0.4) is 0 Å². The summed E-state index contributed by atoms with van der Waals surface area (Å²) < 4.78 is 1.87. The van der Waals surface area contributed by atoms with Crippen molar-refractivity contribution >= 4 is 22.6 Å². The lowest BCUT2D eigenvalue weighted by Crippen LogP contribution is -2.07. The minimum Gasteiger partial charge on any atom is -0.322 e. The largest absolute Gasteiger partial charge is 0.322 e. The number of fused-ring (bicyclic) bond motifs is 1. The fraction of sp³-hybridized carbons (Fsp3) is 0.176. The average Bonchev–Trinajstić information content (AvgIpc) is 2.98. The molecule has 6 nitrogen and oxygen atoms in total. The molecule has 0 aliphatic rings. The molecule has 0 saturated carbocycles. The highest BCUT2D eigenvalue weighted by atomic mass is 16.1. The number of aryl methyl sites for hydroxylation is 1. The molecule has 23 heavy (non-hydrogen) atoms. The van der Waals surface area contributed by atoms with E-state index in [0.717, 1.165) is 29.6 Å². The molecule has 2 heterocycles. The van der Waals surface area contributed by atoms with Crippen LogP contribution in [0.25, 0.3) is 16.9 Å². The van der Waals surface area contributed by atoms with Gasteiger partial charge in [0, 0.05) is 11.9 Å². The molecule has 0 unspecified atom stereocenters. The predicted molar refractivity (Wildman–Crippen MR) is 89.5 cm³/mol. The number of nitrogens with zero attached hydrogens (tertiary/aromatic N) is 4. The number of nitrogens with one attached hydrogen (secondary N) is 1. The molecule has 0 aliphatic heterocycles. The molecule has 3 aromatic rings. The molecule has 0 spiro atoms. The van der Waals surface area contributed by atoms with Gasteiger partial charge in [0.05, 0.1) is 22.9 Å². The average molecular weight is 307 g/mol. The highest BCUT2D eigenvalue weighted by Gasteiger charge is 2.08. The topological polar surface area (TPSA) is 72.7 Å². The van der Waals surface area contributed by atoms with Crippen molar-refractivity contribution in [2.24, 2.45) is 0 Å². The van der Waals surface area contributed by atoms with Gasteiger partial charge in [0.1, 0.15) is 6.33 Å².